The first kappa shape index (κ1) is 19.6. The number of benzene rings is 2. The molecule has 144 valence electrons. The minimum atomic E-state index is -0.552. The first-order chi connectivity index (χ1) is 13.9. The molecule has 0 saturated heterocycles. The zero-order valence-electron chi connectivity index (χ0n) is 15.8. The molecule has 3 rings (SSSR count). The third-order valence-corrected chi connectivity index (χ3v) is 4.38. The van der Waals surface area contributed by atoms with E-state index in [-0.39, 0.29) is 11.3 Å². The van der Waals surface area contributed by atoms with Gasteiger partial charge in [-0.05, 0) is 49.2 Å². The van der Waals surface area contributed by atoms with Crippen molar-refractivity contribution in [3.63, 3.8) is 0 Å². The molecule has 0 saturated carbocycles. The van der Waals surface area contributed by atoms with Gasteiger partial charge in [0.1, 0.15) is 23.2 Å². The number of hydrogen-bond donors (Lipinski definition) is 1. The molecule has 0 atom stereocenters. The van der Waals surface area contributed by atoms with Gasteiger partial charge in [-0.1, -0.05) is 18.2 Å². The van der Waals surface area contributed by atoms with Crippen LogP contribution in [0.15, 0.2) is 64.6 Å². The van der Waals surface area contributed by atoms with Crippen LogP contribution in [0.2, 0.25) is 0 Å². The number of carbonyl (C=O) groups excluding carboxylic acids is 1. The van der Waals surface area contributed by atoms with Crippen LogP contribution in [0.3, 0.4) is 0 Å². The lowest BCUT2D eigenvalue weighted by atomic mass is 10.1. The summed E-state index contributed by atoms with van der Waals surface area (Å²) in [6.07, 6.45) is 1.33. The molecule has 0 spiro atoms. The van der Waals surface area contributed by atoms with Crippen molar-refractivity contribution in [1.82, 2.24) is 0 Å². The fourth-order valence-corrected chi connectivity index (χ4v) is 2.67. The molecule has 0 fully saturated rings. The summed E-state index contributed by atoms with van der Waals surface area (Å²) < 4.78 is 5.64. The minimum absolute atomic E-state index is 0.0542. The number of hydrogen-bond acceptors (Lipinski definition) is 5. The molecule has 2 aromatic carbocycles. The van der Waals surface area contributed by atoms with Crippen molar-refractivity contribution < 1.29 is 14.1 Å². The van der Waals surface area contributed by atoms with E-state index in [1.165, 1.54) is 18.2 Å². The van der Waals surface area contributed by atoms with Crippen molar-refractivity contribution >= 4 is 23.4 Å². The van der Waals surface area contributed by atoms with Crippen LogP contribution < -0.4 is 5.32 Å². The Labute approximate surface area is 167 Å². The van der Waals surface area contributed by atoms with Gasteiger partial charge in [-0.3, -0.25) is 14.9 Å². The Morgan fingerprint density at radius 3 is 2.62 bits per heavy atom. The first-order valence-electron chi connectivity index (χ1n) is 8.72. The number of carbonyl (C=O) groups is 1. The highest BCUT2D eigenvalue weighted by atomic mass is 16.6. The van der Waals surface area contributed by atoms with Gasteiger partial charge in [0.05, 0.1) is 4.92 Å². The van der Waals surface area contributed by atoms with Gasteiger partial charge in [-0.15, -0.1) is 0 Å². The number of nitrogens with zero attached hydrogens (tertiary/aromatic N) is 2. The molecule has 0 aliphatic rings. The molecule has 3 aromatic rings. The van der Waals surface area contributed by atoms with Crippen LogP contribution in [-0.4, -0.2) is 10.8 Å². The van der Waals surface area contributed by atoms with Crippen LogP contribution >= 0.6 is 0 Å². The van der Waals surface area contributed by atoms with Gasteiger partial charge in [-0.2, -0.15) is 5.26 Å². The molecule has 7 heteroatoms. The Morgan fingerprint density at radius 2 is 1.93 bits per heavy atom. The summed E-state index contributed by atoms with van der Waals surface area (Å²) >= 11 is 0. The molecule has 7 nitrogen and oxygen atoms in total. The summed E-state index contributed by atoms with van der Waals surface area (Å²) in [5.74, 6) is 0.133. The third-order valence-electron chi connectivity index (χ3n) is 4.38. The summed E-state index contributed by atoms with van der Waals surface area (Å²) in [7, 11) is 0. The van der Waals surface area contributed by atoms with E-state index >= 15 is 0 Å². The van der Waals surface area contributed by atoms with Crippen molar-refractivity contribution in [3.8, 4) is 17.4 Å². The van der Waals surface area contributed by atoms with Crippen LogP contribution in [0.25, 0.3) is 17.4 Å². The molecular weight excluding hydrogens is 370 g/mol. The Morgan fingerprint density at radius 1 is 1.14 bits per heavy atom. The number of furan rings is 1. The maximum Gasteiger partial charge on any atom is 0.270 e. The number of amides is 1. The topological polar surface area (TPSA) is 109 Å². The fraction of sp³-hybridized carbons (Fsp3) is 0.0909. The van der Waals surface area contributed by atoms with E-state index in [9.17, 15) is 20.2 Å². The fourth-order valence-electron chi connectivity index (χ4n) is 2.67. The van der Waals surface area contributed by atoms with E-state index in [0.29, 0.717) is 22.8 Å². The van der Waals surface area contributed by atoms with Crippen LogP contribution in [-0.2, 0) is 4.79 Å². The molecular formula is C22H17N3O4. The van der Waals surface area contributed by atoms with Gasteiger partial charge in [0.15, 0.2) is 0 Å². The standard InChI is InChI=1S/C22H17N3O4/c1-14-6-7-18(10-15(14)2)24-22(26)17(13-23)12-20-8-9-21(29-20)16-4-3-5-19(11-16)25(27)28/h3-12H,1-2H3,(H,24,26). The number of aryl methyl sites for hydroxylation is 2. The zero-order valence-corrected chi connectivity index (χ0v) is 15.8. The summed E-state index contributed by atoms with van der Waals surface area (Å²) in [6.45, 7) is 3.90. The van der Waals surface area contributed by atoms with Crippen LogP contribution in [0.5, 0.6) is 0 Å². The maximum absolute atomic E-state index is 12.4. The first-order valence-corrected chi connectivity index (χ1v) is 8.72. The molecule has 1 amide bonds. The van der Waals surface area contributed by atoms with E-state index in [0.717, 1.165) is 11.1 Å². The lowest BCUT2D eigenvalue weighted by Crippen LogP contribution is -2.13. The highest BCUT2D eigenvalue weighted by molar-refractivity contribution is 6.09. The van der Waals surface area contributed by atoms with Crippen molar-refractivity contribution in [3.05, 3.63) is 87.2 Å². The second-order valence-electron chi connectivity index (χ2n) is 6.43. The van der Waals surface area contributed by atoms with E-state index in [1.54, 1.807) is 30.3 Å². The molecule has 1 N–H and O–H groups in total. The van der Waals surface area contributed by atoms with E-state index in [2.05, 4.69) is 5.32 Å². The van der Waals surface area contributed by atoms with Gasteiger partial charge >= 0.3 is 0 Å². The third kappa shape index (κ3) is 4.57. The predicted molar refractivity (Wildman–Crippen MR) is 109 cm³/mol. The Kier molecular flexibility index (Phi) is 5.56. The van der Waals surface area contributed by atoms with Crippen LogP contribution in [0.4, 0.5) is 11.4 Å². The molecule has 0 aliphatic carbocycles. The van der Waals surface area contributed by atoms with Crippen molar-refractivity contribution in [1.29, 1.82) is 5.26 Å². The SMILES string of the molecule is Cc1ccc(NC(=O)C(C#N)=Cc2ccc(-c3cccc([N+](=O)[O-])c3)o2)cc1C. The van der Waals surface area contributed by atoms with Crippen LogP contribution in [0, 0.1) is 35.3 Å². The molecule has 29 heavy (non-hydrogen) atoms. The van der Waals surface area contributed by atoms with Gasteiger partial charge in [0, 0.05) is 29.5 Å². The minimum Gasteiger partial charge on any atom is -0.457 e. The lowest BCUT2D eigenvalue weighted by molar-refractivity contribution is -0.384. The molecule has 0 bridgehead atoms. The zero-order chi connectivity index (χ0) is 21.0. The quantitative estimate of drug-likeness (QED) is 0.286. The van der Waals surface area contributed by atoms with E-state index in [4.69, 9.17) is 4.42 Å². The second-order valence-corrected chi connectivity index (χ2v) is 6.43. The van der Waals surface area contributed by atoms with Crippen LogP contribution in [0.1, 0.15) is 16.9 Å². The highest BCUT2D eigenvalue weighted by Gasteiger charge is 2.13. The summed E-state index contributed by atoms with van der Waals surface area (Å²) in [6, 6.07) is 16.6. The molecule has 1 heterocycles. The number of rotatable bonds is 5. The van der Waals surface area contributed by atoms with Gasteiger partial charge in [0.2, 0.25) is 0 Å². The number of nitriles is 1. The molecule has 0 unspecified atom stereocenters. The van der Waals surface area contributed by atoms with E-state index < -0.39 is 10.8 Å². The lowest BCUT2D eigenvalue weighted by Gasteiger charge is -2.06. The average molecular weight is 387 g/mol. The molecule has 0 aliphatic heterocycles. The van der Waals surface area contributed by atoms with Gasteiger partial charge in [0.25, 0.3) is 11.6 Å². The molecule has 1 aromatic heterocycles. The Hall–Kier alpha value is -4.18. The Balaban J connectivity index is 1.82. The van der Waals surface area contributed by atoms with Crippen molar-refractivity contribution in [2.45, 2.75) is 13.8 Å². The number of nitro benzene ring substituents is 1. The summed E-state index contributed by atoms with van der Waals surface area (Å²) in [5, 5.41) is 23.0. The number of nitrogens with one attached hydrogen (secondary N) is 1. The van der Waals surface area contributed by atoms with Crippen molar-refractivity contribution in [2.75, 3.05) is 5.32 Å². The average Bonchev–Trinajstić information content (AvgIpc) is 3.17. The monoisotopic (exact) mass is 387 g/mol. The highest BCUT2D eigenvalue weighted by Crippen LogP contribution is 2.26. The summed E-state index contributed by atoms with van der Waals surface area (Å²) in [4.78, 5) is 22.9. The van der Waals surface area contributed by atoms with E-state index in [1.807, 2.05) is 32.0 Å². The second kappa shape index (κ2) is 8.23. The predicted octanol–water partition coefficient (Wildman–Crippen LogP) is 5.02. The normalized spacial score (nSPS) is 11.0. The number of non-ortho nitro benzene ring substituents is 1. The number of nitro groups is 1. The Bertz CT molecular complexity index is 1170. The van der Waals surface area contributed by atoms with Gasteiger partial charge in [-0.25, -0.2) is 0 Å². The smallest absolute Gasteiger partial charge is 0.270 e. The maximum atomic E-state index is 12.4. The summed E-state index contributed by atoms with van der Waals surface area (Å²) in [5.41, 5.74) is 3.07. The van der Waals surface area contributed by atoms with Crippen molar-refractivity contribution in [2.24, 2.45) is 0 Å². The largest absolute Gasteiger partial charge is 0.457 e. The molecule has 0 radical (unpaired) electrons. The number of anilines is 1. The van der Waals surface area contributed by atoms with Gasteiger partial charge < -0.3 is 9.73 Å².